The maximum absolute atomic E-state index is 12.9. The number of hydrogen-bond donors (Lipinski definition) is 1. The van der Waals surface area contributed by atoms with Gasteiger partial charge in [0.1, 0.15) is 6.17 Å². The predicted octanol–water partition coefficient (Wildman–Crippen LogP) is 4.03. The standard InChI is InChI=1S/C17H28N2OS/c1-6-12(4)15-17(20)19(13(5)10-11(2)3)16(18-15)14-8-7-9-21-14/h7-9,11-13,15-16,18H,6,10H2,1-5H3. The van der Waals surface area contributed by atoms with Crippen molar-refractivity contribution < 1.29 is 4.79 Å². The summed E-state index contributed by atoms with van der Waals surface area (Å²) in [5, 5.41) is 5.67. The zero-order valence-corrected chi connectivity index (χ0v) is 14.6. The van der Waals surface area contributed by atoms with Gasteiger partial charge in [0.2, 0.25) is 5.91 Å². The number of nitrogens with one attached hydrogen (secondary N) is 1. The number of nitrogens with zero attached hydrogens (tertiary/aromatic N) is 1. The molecule has 1 N–H and O–H groups in total. The van der Waals surface area contributed by atoms with E-state index >= 15 is 0 Å². The van der Waals surface area contributed by atoms with E-state index in [2.05, 4.69) is 62.3 Å². The van der Waals surface area contributed by atoms with Crippen LogP contribution in [0.15, 0.2) is 17.5 Å². The summed E-state index contributed by atoms with van der Waals surface area (Å²) in [6.07, 6.45) is 2.11. The van der Waals surface area contributed by atoms with Crippen LogP contribution in [-0.2, 0) is 4.79 Å². The van der Waals surface area contributed by atoms with E-state index < -0.39 is 0 Å². The SMILES string of the molecule is CCC(C)C1NC(c2cccs2)N(C(C)CC(C)C)C1=O. The highest BCUT2D eigenvalue weighted by molar-refractivity contribution is 7.10. The second kappa shape index (κ2) is 6.93. The normalized spacial score (nSPS) is 25.6. The molecule has 4 heteroatoms. The molecule has 118 valence electrons. The molecule has 0 bridgehead atoms. The van der Waals surface area contributed by atoms with E-state index in [1.807, 2.05) is 0 Å². The highest BCUT2D eigenvalue weighted by atomic mass is 32.1. The lowest BCUT2D eigenvalue weighted by Crippen LogP contribution is -2.40. The van der Waals surface area contributed by atoms with Gasteiger partial charge in [-0.2, -0.15) is 0 Å². The van der Waals surface area contributed by atoms with Crippen molar-refractivity contribution >= 4 is 17.2 Å². The Morgan fingerprint density at radius 1 is 1.33 bits per heavy atom. The second-order valence-electron chi connectivity index (χ2n) is 6.67. The lowest BCUT2D eigenvalue weighted by molar-refractivity contribution is -0.133. The van der Waals surface area contributed by atoms with Crippen LogP contribution in [-0.4, -0.2) is 22.9 Å². The van der Waals surface area contributed by atoms with E-state index in [0.717, 1.165) is 12.8 Å². The average Bonchev–Trinajstić information content (AvgIpc) is 3.04. The molecule has 0 aromatic carbocycles. The van der Waals surface area contributed by atoms with Gasteiger partial charge in [0.25, 0.3) is 0 Å². The van der Waals surface area contributed by atoms with Gasteiger partial charge in [-0.15, -0.1) is 11.3 Å². The number of hydrogen-bond acceptors (Lipinski definition) is 3. The van der Waals surface area contributed by atoms with Crippen molar-refractivity contribution in [2.75, 3.05) is 0 Å². The molecule has 0 spiro atoms. The molecule has 3 nitrogen and oxygen atoms in total. The van der Waals surface area contributed by atoms with Crippen molar-refractivity contribution in [2.45, 2.75) is 65.7 Å². The van der Waals surface area contributed by atoms with Gasteiger partial charge in [0.05, 0.1) is 6.04 Å². The van der Waals surface area contributed by atoms with Crippen molar-refractivity contribution in [3.63, 3.8) is 0 Å². The molecule has 0 aliphatic carbocycles. The molecule has 1 aromatic heterocycles. The third kappa shape index (κ3) is 3.49. The van der Waals surface area contributed by atoms with Gasteiger partial charge < -0.3 is 4.90 Å². The predicted molar refractivity (Wildman–Crippen MR) is 89.2 cm³/mol. The Hall–Kier alpha value is -0.870. The first-order valence-corrected chi connectivity index (χ1v) is 8.95. The first kappa shape index (κ1) is 16.5. The van der Waals surface area contributed by atoms with Crippen LogP contribution in [0, 0.1) is 11.8 Å². The molecule has 1 aliphatic heterocycles. The van der Waals surface area contributed by atoms with Crippen LogP contribution in [0.3, 0.4) is 0 Å². The van der Waals surface area contributed by atoms with Crippen LogP contribution in [0.25, 0.3) is 0 Å². The Bertz CT molecular complexity index is 457. The number of amides is 1. The fourth-order valence-electron chi connectivity index (χ4n) is 3.19. The summed E-state index contributed by atoms with van der Waals surface area (Å²) in [5.41, 5.74) is 0. The Balaban J connectivity index is 2.25. The summed E-state index contributed by atoms with van der Waals surface area (Å²) in [5.74, 6) is 1.24. The van der Waals surface area contributed by atoms with Crippen molar-refractivity contribution in [1.82, 2.24) is 10.2 Å². The van der Waals surface area contributed by atoms with Gasteiger partial charge >= 0.3 is 0 Å². The van der Waals surface area contributed by atoms with Crippen LogP contribution in [0.5, 0.6) is 0 Å². The quantitative estimate of drug-likeness (QED) is 0.860. The van der Waals surface area contributed by atoms with E-state index in [0.29, 0.717) is 11.8 Å². The molecule has 0 radical (unpaired) electrons. The molecule has 1 amide bonds. The highest BCUT2D eigenvalue weighted by Crippen LogP contribution is 2.34. The fourth-order valence-corrected chi connectivity index (χ4v) is 3.97. The number of carbonyl (C=O) groups is 1. The number of thiophene rings is 1. The fraction of sp³-hybridized carbons (Fsp3) is 0.706. The lowest BCUT2D eigenvalue weighted by atomic mass is 9.98. The van der Waals surface area contributed by atoms with Crippen LogP contribution >= 0.6 is 11.3 Å². The van der Waals surface area contributed by atoms with Crippen molar-refractivity contribution in [1.29, 1.82) is 0 Å². The lowest BCUT2D eigenvalue weighted by Gasteiger charge is -2.31. The van der Waals surface area contributed by atoms with E-state index in [9.17, 15) is 4.79 Å². The molecular formula is C17H28N2OS. The van der Waals surface area contributed by atoms with Crippen molar-refractivity contribution in [3.05, 3.63) is 22.4 Å². The molecular weight excluding hydrogens is 280 g/mol. The van der Waals surface area contributed by atoms with Gasteiger partial charge in [-0.1, -0.05) is 40.2 Å². The highest BCUT2D eigenvalue weighted by Gasteiger charge is 2.44. The third-order valence-electron chi connectivity index (χ3n) is 4.45. The van der Waals surface area contributed by atoms with Gasteiger partial charge in [-0.25, -0.2) is 0 Å². The molecule has 21 heavy (non-hydrogen) atoms. The minimum absolute atomic E-state index is 0.0447. The number of rotatable bonds is 6. The Labute approximate surface area is 132 Å². The van der Waals surface area contributed by atoms with Crippen LogP contribution in [0.2, 0.25) is 0 Å². The Morgan fingerprint density at radius 2 is 2.05 bits per heavy atom. The average molecular weight is 308 g/mol. The maximum Gasteiger partial charge on any atom is 0.241 e. The number of carbonyl (C=O) groups excluding carboxylic acids is 1. The molecule has 4 unspecified atom stereocenters. The first-order valence-electron chi connectivity index (χ1n) is 8.07. The topological polar surface area (TPSA) is 32.3 Å². The largest absolute Gasteiger partial charge is 0.318 e. The zero-order chi connectivity index (χ0) is 15.6. The third-order valence-corrected chi connectivity index (χ3v) is 5.37. The molecule has 1 aromatic rings. The zero-order valence-electron chi connectivity index (χ0n) is 13.8. The van der Waals surface area contributed by atoms with Crippen molar-refractivity contribution in [3.8, 4) is 0 Å². The summed E-state index contributed by atoms with van der Waals surface area (Å²) in [7, 11) is 0. The van der Waals surface area contributed by atoms with Gasteiger partial charge in [-0.05, 0) is 36.6 Å². The van der Waals surface area contributed by atoms with Crippen LogP contribution < -0.4 is 5.32 Å². The minimum Gasteiger partial charge on any atom is -0.318 e. The monoisotopic (exact) mass is 308 g/mol. The van der Waals surface area contributed by atoms with Crippen LogP contribution in [0.4, 0.5) is 0 Å². The molecule has 2 heterocycles. The second-order valence-corrected chi connectivity index (χ2v) is 7.65. The molecule has 1 saturated heterocycles. The summed E-state index contributed by atoms with van der Waals surface area (Å²) in [6.45, 7) is 10.9. The molecule has 4 atom stereocenters. The summed E-state index contributed by atoms with van der Waals surface area (Å²) in [6, 6.07) is 4.42. The van der Waals surface area contributed by atoms with E-state index in [1.54, 1.807) is 11.3 Å². The first-order chi connectivity index (χ1) is 9.95. The van der Waals surface area contributed by atoms with Gasteiger partial charge in [-0.3, -0.25) is 10.1 Å². The Morgan fingerprint density at radius 3 is 2.57 bits per heavy atom. The van der Waals surface area contributed by atoms with Gasteiger partial charge in [0, 0.05) is 10.9 Å². The molecule has 0 saturated carbocycles. The van der Waals surface area contributed by atoms with Crippen LogP contribution in [0.1, 0.15) is 58.5 Å². The summed E-state index contributed by atoms with van der Waals surface area (Å²) >= 11 is 1.73. The van der Waals surface area contributed by atoms with Gasteiger partial charge in [0.15, 0.2) is 0 Å². The maximum atomic E-state index is 12.9. The van der Waals surface area contributed by atoms with Crippen molar-refractivity contribution in [2.24, 2.45) is 11.8 Å². The Kier molecular flexibility index (Phi) is 5.44. The van der Waals surface area contributed by atoms with E-state index in [1.165, 1.54) is 4.88 Å². The molecule has 2 rings (SSSR count). The smallest absolute Gasteiger partial charge is 0.241 e. The minimum atomic E-state index is -0.0447. The van der Waals surface area contributed by atoms with E-state index in [-0.39, 0.29) is 24.2 Å². The molecule has 1 fully saturated rings. The van der Waals surface area contributed by atoms with E-state index in [4.69, 9.17) is 0 Å². The summed E-state index contributed by atoms with van der Waals surface area (Å²) in [4.78, 5) is 16.2. The molecule has 1 aliphatic rings. The summed E-state index contributed by atoms with van der Waals surface area (Å²) < 4.78 is 0.